The number of fused-ring (bicyclic) bond motifs is 8. The molecule has 1 fully saturated rings. The molecule has 14 rings (SSSR count). The lowest BCUT2D eigenvalue weighted by atomic mass is 9.85. The minimum atomic E-state index is 0.596. The first-order valence-corrected chi connectivity index (χ1v) is 20.9. The molecule has 12 aromatic rings. The number of aromatic nitrogens is 4. The van der Waals surface area contributed by atoms with Gasteiger partial charge in [-0.1, -0.05) is 140 Å². The van der Waals surface area contributed by atoms with Crippen LogP contribution in [0.25, 0.3) is 116 Å². The van der Waals surface area contributed by atoms with Crippen molar-refractivity contribution in [3.63, 3.8) is 0 Å². The highest BCUT2D eigenvalue weighted by Gasteiger charge is 2.45. The maximum Gasteiger partial charge on any atom is 0.164 e. The summed E-state index contributed by atoms with van der Waals surface area (Å²) >= 11 is 0. The van der Waals surface area contributed by atoms with Gasteiger partial charge in [0.25, 0.3) is 0 Å². The van der Waals surface area contributed by atoms with Gasteiger partial charge < -0.3 is 4.57 Å². The molecular formula is C56H34N4. The molecule has 1 saturated carbocycles. The maximum atomic E-state index is 5.42. The largest absolute Gasteiger partial charge is 0.309 e. The molecular weight excluding hydrogens is 729 g/mol. The van der Waals surface area contributed by atoms with E-state index in [1.165, 1.54) is 88.2 Å². The molecule has 2 aliphatic rings. The van der Waals surface area contributed by atoms with Crippen molar-refractivity contribution in [1.82, 2.24) is 19.5 Å². The fourth-order valence-corrected chi connectivity index (χ4v) is 10.8. The van der Waals surface area contributed by atoms with E-state index < -0.39 is 0 Å². The zero-order valence-corrected chi connectivity index (χ0v) is 32.5. The van der Waals surface area contributed by atoms with Gasteiger partial charge in [-0.3, -0.25) is 0 Å². The minimum absolute atomic E-state index is 0.596. The Morgan fingerprint density at radius 1 is 0.350 bits per heavy atom. The Hall–Kier alpha value is -7.69. The summed E-state index contributed by atoms with van der Waals surface area (Å²) in [7, 11) is 0. The van der Waals surface area contributed by atoms with Crippen molar-refractivity contribution in [2.45, 2.75) is 18.3 Å². The van der Waals surface area contributed by atoms with Gasteiger partial charge in [0.15, 0.2) is 17.5 Å². The van der Waals surface area contributed by atoms with Gasteiger partial charge in [-0.25, -0.2) is 15.0 Å². The molecule has 0 amide bonds. The normalized spacial score (nSPS) is 15.6. The van der Waals surface area contributed by atoms with Crippen molar-refractivity contribution in [2.75, 3.05) is 0 Å². The van der Waals surface area contributed by atoms with Crippen LogP contribution >= 0.6 is 0 Å². The van der Waals surface area contributed by atoms with E-state index >= 15 is 0 Å². The van der Waals surface area contributed by atoms with Crippen LogP contribution in [0.3, 0.4) is 0 Å². The van der Waals surface area contributed by atoms with Crippen molar-refractivity contribution >= 4 is 64.9 Å². The Morgan fingerprint density at radius 2 is 0.933 bits per heavy atom. The van der Waals surface area contributed by atoms with Crippen LogP contribution in [0.5, 0.6) is 0 Å². The molecule has 0 radical (unpaired) electrons. The molecule has 0 spiro atoms. The lowest BCUT2D eigenvalue weighted by molar-refractivity contribution is 1.00. The number of hydrogen-bond acceptors (Lipinski definition) is 3. The molecule has 10 aromatic carbocycles. The van der Waals surface area contributed by atoms with Crippen LogP contribution < -0.4 is 0 Å². The van der Waals surface area contributed by atoms with Gasteiger partial charge >= 0.3 is 0 Å². The standard InChI is InChI=1S/C56H34N4/c1-3-13-32(14-4-1)54-57-55(33-25-26-39-44(29-33)35-17-7-8-18-36(35)46-30-47(39)46)59-56(58-54)43-28-27-38-41-21-11-23-49-52(41)53-42(22-12-24-50(53)60(49)34-15-5-2-6-16-34)45-31-48(38)51(43)40-20-10-9-19-37(40)45/h1-29,31,46-47H,30H2. The molecule has 60 heavy (non-hydrogen) atoms. The number of rotatable bonds is 4. The van der Waals surface area contributed by atoms with E-state index in [-0.39, 0.29) is 0 Å². The highest BCUT2D eigenvalue weighted by Crippen LogP contribution is 2.62. The van der Waals surface area contributed by atoms with Crippen LogP contribution in [0, 0.1) is 0 Å². The number of hydrogen-bond donors (Lipinski definition) is 0. The Bertz CT molecular complexity index is 3750. The summed E-state index contributed by atoms with van der Waals surface area (Å²) in [6, 6.07) is 66.4. The van der Waals surface area contributed by atoms with Crippen LogP contribution in [0.15, 0.2) is 182 Å². The van der Waals surface area contributed by atoms with Gasteiger partial charge in [-0.2, -0.15) is 0 Å². The van der Waals surface area contributed by atoms with Crippen LogP contribution in [-0.4, -0.2) is 19.5 Å². The topological polar surface area (TPSA) is 43.6 Å². The lowest BCUT2D eigenvalue weighted by Crippen LogP contribution is -2.03. The second-order valence-electron chi connectivity index (χ2n) is 16.6. The molecule has 278 valence electrons. The Labute approximate surface area is 345 Å². The van der Waals surface area contributed by atoms with Crippen LogP contribution in [-0.2, 0) is 0 Å². The second kappa shape index (κ2) is 11.9. The van der Waals surface area contributed by atoms with E-state index in [4.69, 9.17) is 15.0 Å². The van der Waals surface area contributed by atoms with Crippen molar-refractivity contribution in [1.29, 1.82) is 0 Å². The van der Waals surface area contributed by atoms with Gasteiger partial charge in [-0.15, -0.1) is 0 Å². The number of para-hydroxylation sites is 1. The van der Waals surface area contributed by atoms with Gasteiger partial charge in [0.2, 0.25) is 0 Å². The first-order chi connectivity index (χ1) is 29.8. The highest BCUT2D eigenvalue weighted by atomic mass is 15.0. The molecule has 4 nitrogen and oxygen atoms in total. The predicted molar refractivity (Wildman–Crippen MR) is 247 cm³/mol. The summed E-state index contributed by atoms with van der Waals surface area (Å²) in [6.07, 6.45) is 1.22. The second-order valence-corrected chi connectivity index (χ2v) is 16.6. The molecule has 4 heteroatoms. The van der Waals surface area contributed by atoms with E-state index in [1.807, 2.05) is 6.07 Å². The van der Waals surface area contributed by atoms with Crippen LogP contribution in [0.1, 0.15) is 29.4 Å². The summed E-state index contributed by atoms with van der Waals surface area (Å²) in [6.45, 7) is 0. The fraction of sp³-hybridized carbons (Fsp3) is 0.0536. The Balaban J connectivity index is 1.08. The van der Waals surface area contributed by atoms with E-state index in [1.54, 1.807) is 0 Å². The summed E-state index contributed by atoms with van der Waals surface area (Å²) in [5, 5.41) is 12.2. The fourth-order valence-electron chi connectivity index (χ4n) is 10.8. The Kier molecular flexibility index (Phi) is 6.42. The summed E-state index contributed by atoms with van der Waals surface area (Å²) < 4.78 is 2.43. The maximum absolute atomic E-state index is 5.42. The number of benzene rings is 9. The highest BCUT2D eigenvalue weighted by molar-refractivity contribution is 6.36. The van der Waals surface area contributed by atoms with Gasteiger partial charge in [-0.05, 0) is 121 Å². The average Bonchev–Trinajstić information content (AvgIpc) is 4.06. The van der Waals surface area contributed by atoms with Crippen molar-refractivity contribution in [3.8, 4) is 51.0 Å². The van der Waals surface area contributed by atoms with Crippen molar-refractivity contribution in [3.05, 3.63) is 193 Å². The van der Waals surface area contributed by atoms with E-state index in [2.05, 4.69) is 180 Å². The van der Waals surface area contributed by atoms with Crippen LogP contribution in [0.4, 0.5) is 0 Å². The summed E-state index contributed by atoms with van der Waals surface area (Å²) in [4.78, 5) is 16.0. The first kappa shape index (κ1) is 32.3. The van der Waals surface area contributed by atoms with Crippen LogP contribution in [0.2, 0.25) is 0 Å². The van der Waals surface area contributed by atoms with E-state index in [0.29, 0.717) is 29.3 Å². The zero-order valence-electron chi connectivity index (χ0n) is 32.5. The molecule has 0 aliphatic heterocycles. The summed E-state index contributed by atoms with van der Waals surface area (Å²) in [5.74, 6) is 3.24. The molecule has 2 aromatic heterocycles. The molecule has 2 heterocycles. The third-order valence-corrected chi connectivity index (χ3v) is 13.5. The third kappa shape index (κ3) is 4.42. The lowest BCUT2D eigenvalue weighted by Gasteiger charge is -2.20. The average molecular weight is 763 g/mol. The zero-order chi connectivity index (χ0) is 39.1. The molecule has 2 unspecified atom stereocenters. The molecule has 0 saturated heterocycles. The Morgan fingerprint density at radius 3 is 1.72 bits per heavy atom. The molecule has 4 bridgehead atoms. The summed E-state index contributed by atoms with van der Waals surface area (Å²) in [5.41, 5.74) is 12.1. The quantitative estimate of drug-likeness (QED) is 0.168. The van der Waals surface area contributed by atoms with E-state index in [0.717, 1.165) is 27.8 Å². The van der Waals surface area contributed by atoms with Gasteiger partial charge in [0.1, 0.15) is 0 Å². The minimum Gasteiger partial charge on any atom is -0.309 e. The monoisotopic (exact) mass is 762 g/mol. The van der Waals surface area contributed by atoms with Crippen molar-refractivity contribution < 1.29 is 0 Å². The van der Waals surface area contributed by atoms with E-state index in [9.17, 15) is 0 Å². The SMILES string of the molecule is c1ccc(-c2nc(-c3ccc4c(c3)-c3ccccc3C3CC43)nc(-c3ccc4c5cc(c6ccccc6c35)c3cccc5c3c3c4cccc3n5-c3ccccc3)n2)cc1. The van der Waals surface area contributed by atoms with Crippen molar-refractivity contribution in [2.24, 2.45) is 0 Å². The smallest absolute Gasteiger partial charge is 0.164 e. The number of nitrogens with zero attached hydrogens (tertiary/aromatic N) is 4. The molecule has 0 N–H and O–H groups in total. The first-order valence-electron chi connectivity index (χ1n) is 20.9. The van der Waals surface area contributed by atoms with Gasteiger partial charge in [0.05, 0.1) is 11.0 Å². The van der Waals surface area contributed by atoms with Gasteiger partial charge in [0, 0.05) is 38.5 Å². The third-order valence-electron chi connectivity index (χ3n) is 13.5. The molecule has 2 aliphatic carbocycles. The molecule has 2 atom stereocenters. The predicted octanol–water partition coefficient (Wildman–Crippen LogP) is 14.3.